The van der Waals surface area contributed by atoms with Crippen molar-refractivity contribution < 1.29 is 206 Å². The predicted octanol–water partition coefficient (Wildman–Crippen LogP) is -2.58. The number of rotatable bonds is 7. The summed E-state index contributed by atoms with van der Waals surface area (Å²) in [5.41, 5.74) is 5.34. The van der Waals surface area contributed by atoms with Gasteiger partial charge in [0.1, 0.15) is 24.4 Å². The Hall–Kier alpha value is 5.00. The largest absolute Gasteiger partial charge is 0.394 e. The van der Waals surface area contributed by atoms with Crippen LogP contribution in [0.1, 0.15) is 25.7 Å². The minimum atomic E-state index is -1.48. The molecule has 0 aromatic rings. The van der Waals surface area contributed by atoms with Crippen molar-refractivity contribution in [2.45, 2.75) is 56.3 Å². The summed E-state index contributed by atoms with van der Waals surface area (Å²) >= 11 is 0. The predicted molar refractivity (Wildman–Crippen MR) is 69.4 cm³/mol. The second-order valence-corrected chi connectivity index (χ2v) is 4.92. The van der Waals surface area contributed by atoms with Gasteiger partial charge in [-0.1, -0.05) is 6.42 Å². The normalized spacial score (nSPS) is 28.3. The van der Waals surface area contributed by atoms with Gasteiger partial charge in [-0.15, -0.1) is 0 Å². The van der Waals surface area contributed by atoms with Gasteiger partial charge >= 0.3 is 0 Å². The molecular weight excluding hydrogens is 1180 g/mol. The number of hydrogen-bond donors (Lipinski definition) is 6. The van der Waals surface area contributed by atoms with Crippen molar-refractivity contribution in [2.75, 3.05) is 13.2 Å². The van der Waals surface area contributed by atoms with Crippen molar-refractivity contribution in [1.29, 1.82) is 0 Å². The molecule has 1 fully saturated rings. The zero-order valence-electron chi connectivity index (χ0n) is 13.6. The molecule has 0 saturated carbocycles. The van der Waals surface area contributed by atoms with Gasteiger partial charge in [-0.25, -0.2) is 0 Å². The number of nitrogens with one attached hydrogen (secondary N) is 1. The molecule has 1 saturated heterocycles. The molecule has 1 aliphatic rings. The molecule has 1 rings (SSSR count). The third kappa shape index (κ3) is 13.3. The second kappa shape index (κ2) is 21.2. The van der Waals surface area contributed by atoms with Crippen molar-refractivity contribution in [3.63, 3.8) is 0 Å². The Morgan fingerprint density at radius 3 is 2.04 bits per heavy atom. The minimum Gasteiger partial charge on any atom is -0.394 e. The van der Waals surface area contributed by atoms with Gasteiger partial charge in [-0.05, 0) is 19.4 Å². The Kier molecular flexibility index (Phi) is 32.2. The van der Waals surface area contributed by atoms with Crippen molar-refractivity contribution in [2.24, 2.45) is 5.73 Å². The van der Waals surface area contributed by atoms with Crippen LogP contribution in [0.5, 0.6) is 0 Å². The van der Waals surface area contributed by atoms with E-state index < -0.39 is 37.3 Å². The number of carbonyl (C=O) groups is 1. The molecule has 12 heteroatoms. The molecule has 0 aromatic carbocycles. The summed E-state index contributed by atoms with van der Waals surface area (Å²) in [6, 6.07) is 0. The van der Waals surface area contributed by atoms with E-state index in [0.29, 0.717) is 13.0 Å². The number of nitrogens with two attached hydrogens (primary N) is 1. The van der Waals surface area contributed by atoms with Crippen LogP contribution < -0.4 is 11.1 Å². The Labute approximate surface area is 285 Å². The molecular formula is C12H24Ac4N2O6. The van der Waals surface area contributed by atoms with E-state index >= 15 is 0 Å². The molecule has 5 unspecified atom stereocenters. The number of aliphatic hydroxyl groups is 4. The topological polar surface area (TPSA) is 145 Å². The first kappa shape index (κ1) is 36.4. The van der Waals surface area contributed by atoms with Crippen LogP contribution in [0.2, 0.25) is 0 Å². The fourth-order valence-electron chi connectivity index (χ4n) is 2.06. The van der Waals surface area contributed by atoms with Gasteiger partial charge in [0, 0.05) is 183 Å². The summed E-state index contributed by atoms with van der Waals surface area (Å²) < 4.78 is 5.17. The van der Waals surface area contributed by atoms with Crippen LogP contribution >= 0.6 is 0 Å². The van der Waals surface area contributed by atoms with E-state index in [1.54, 1.807) is 0 Å². The number of aliphatic hydroxyl groups excluding tert-OH is 4. The summed E-state index contributed by atoms with van der Waals surface area (Å²) in [6.45, 7) is 0.0577. The van der Waals surface area contributed by atoms with Gasteiger partial charge < -0.3 is 36.2 Å². The first-order chi connectivity index (χ1) is 9.51. The number of hydrogen-bond acceptors (Lipinski definition) is 7. The first-order valence-electron chi connectivity index (χ1n) is 6.81. The minimum absolute atomic E-state index is 0. The van der Waals surface area contributed by atoms with Crippen molar-refractivity contribution in [3.8, 4) is 0 Å². The van der Waals surface area contributed by atoms with Gasteiger partial charge in [0.15, 0.2) is 6.23 Å². The van der Waals surface area contributed by atoms with Gasteiger partial charge in [-0.2, -0.15) is 0 Å². The Bertz CT molecular complexity index is 317. The molecule has 5 atom stereocenters. The smallest absolute Gasteiger partial charge is 0.222 e. The molecule has 0 bridgehead atoms. The van der Waals surface area contributed by atoms with E-state index in [0.717, 1.165) is 12.8 Å². The van der Waals surface area contributed by atoms with Crippen LogP contribution in [0, 0.1) is 176 Å². The molecule has 0 aliphatic carbocycles. The summed E-state index contributed by atoms with van der Waals surface area (Å²) in [7, 11) is 0. The molecule has 1 heterocycles. The quantitative estimate of drug-likeness (QED) is 0.154. The zero-order valence-corrected chi connectivity index (χ0v) is 32.6. The standard InChI is InChI=1S/C12H24N2O6.4Ac/c13-5-3-1-2-4-8(16)14-12-11(19)10(18)9(17)7(6-15)20-12;;;;/h7,9-12,15,17-19H,1-6,13H2,(H,14,16);;;;. The third-order valence-electron chi connectivity index (χ3n) is 3.30. The van der Waals surface area contributed by atoms with Crippen LogP contribution in [0.4, 0.5) is 0 Å². The van der Waals surface area contributed by atoms with Crippen molar-refractivity contribution >= 4 is 5.91 Å². The Balaban J connectivity index is -0.000000500. The summed E-state index contributed by atoms with van der Waals surface area (Å²) in [4.78, 5) is 11.7. The van der Waals surface area contributed by atoms with E-state index in [-0.39, 0.29) is 189 Å². The maximum atomic E-state index is 11.7. The summed E-state index contributed by atoms with van der Waals surface area (Å²) in [5, 5.41) is 40.3. The molecule has 1 aliphatic heterocycles. The number of unbranched alkanes of at least 4 members (excludes halogenated alkanes) is 2. The van der Waals surface area contributed by atoms with E-state index in [1.165, 1.54) is 0 Å². The number of carbonyl (C=O) groups excluding carboxylic acids is 1. The van der Waals surface area contributed by atoms with E-state index in [4.69, 9.17) is 15.6 Å². The van der Waals surface area contributed by atoms with Crippen LogP contribution in [0.25, 0.3) is 0 Å². The van der Waals surface area contributed by atoms with Crippen molar-refractivity contribution in [1.82, 2.24) is 5.32 Å². The fraction of sp³-hybridized carbons (Fsp3) is 0.917. The first-order valence-corrected chi connectivity index (χ1v) is 6.81. The monoisotopic (exact) mass is 1200 g/mol. The third-order valence-corrected chi connectivity index (χ3v) is 3.30. The molecule has 7 N–H and O–H groups in total. The molecule has 8 nitrogen and oxygen atoms in total. The maximum absolute atomic E-state index is 11.7. The van der Waals surface area contributed by atoms with E-state index in [2.05, 4.69) is 5.32 Å². The van der Waals surface area contributed by atoms with Crippen LogP contribution in [0.3, 0.4) is 0 Å². The molecule has 0 aromatic heterocycles. The SMILES string of the molecule is NCCCCCC(=O)NC1OC(CO)C(O)C(O)C1O.[Ac].[Ac].[Ac].[Ac]. The average molecular weight is 1200 g/mol. The maximum Gasteiger partial charge on any atom is 0.222 e. The fourth-order valence-corrected chi connectivity index (χ4v) is 2.06. The van der Waals surface area contributed by atoms with Crippen molar-refractivity contribution in [3.05, 3.63) is 0 Å². The molecule has 130 valence electrons. The van der Waals surface area contributed by atoms with Crippen LogP contribution in [-0.2, 0) is 9.53 Å². The molecule has 24 heavy (non-hydrogen) atoms. The van der Waals surface area contributed by atoms with Crippen LogP contribution in [-0.4, -0.2) is 70.1 Å². The van der Waals surface area contributed by atoms with E-state index in [9.17, 15) is 20.1 Å². The Morgan fingerprint density at radius 1 is 0.958 bits per heavy atom. The van der Waals surface area contributed by atoms with Gasteiger partial charge in [-0.3, -0.25) is 4.79 Å². The van der Waals surface area contributed by atoms with Gasteiger partial charge in [0.2, 0.25) is 5.91 Å². The van der Waals surface area contributed by atoms with Gasteiger partial charge in [0.05, 0.1) is 6.61 Å². The molecule has 1 amide bonds. The number of amides is 1. The van der Waals surface area contributed by atoms with Crippen LogP contribution in [0.15, 0.2) is 0 Å². The number of ether oxygens (including phenoxy) is 1. The summed E-state index contributed by atoms with van der Waals surface area (Å²) in [5.74, 6) is -0.327. The second-order valence-electron chi connectivity index (χ2n) is 4.92. The molecule has 4 radical (unpaired) electrons. The zero-order chi connectivity index (χ0) is 15.1. The average Bonchev–Trinajstić information content (AvgIpc) is 2.44. The van der Waals surface area contributed by atoms with E-state index in [1.807, 2.05) is 0 Å². The Morgan fingerprint density at radius 2 is 1.54 bits per heavy atom. The molecule has 0 spiro atoms. The van der Waals surface area contributed by atoms with Gasteiger partial charge in [0.25, 0.3) is 0 Å². The summed E-state index contributed by atoms with van der Waals surface area (Å²) in [6.07, 6.45) is -3.91.